The van der Waals surface area contributed by atoms with Crippen LogP contribution in [0.15, 0.2) is 41.6 Å². The third-order valence-electron chi connectivity index (χ3n) is 3.08. The molecule has 0 spiro atoms. The van der Waals surface area contributed by atoms with Gasteiger partial charge in [-0.15, -0.1) is 0 Å². The maximum atomic E-state index is 11.7. The van der Waals surface area contributed by atoms with Gasteiger partial charge in [0.05, 0.1) is 17.8 Å². The van der Waals surface area contributed by atoms with Gasteiger partial charge in [0.2, 0.25) is 0 Å². The number of rotatable bonds is 5. The van der Waals surface area contributed by atoms with E-state index in [2.05, 4.69) is 15.5 Å². The lowest BCUT2D eigenvalue weighted by molar-refractivity contribution is -0.122. The van der Waals surface area contributed by atoms with E-state index >= 15 is 0 Å². The fourth-order valence-electron chi connectivity index (χ4n) is 2.04. The average molecular weight is 284 g/mol. The number of fused-ring (bicyclic) bond motifs is 1. The molecule has 110 valence electrons. The Hall–Kier alpha value is -2.27. The van der Waals surface area contributed by atoms with Crippen molar-refractivity contribution >= 4 is 23.0 Å². The van der Waals surface area contributed by atoms with Crippen LogP contribution in [0.25, 0.3) is 10.9 Å². The first kappa shape index (κ1) is 15.1. The molecule has 0 saturated heterocycles. The van der Waals surface area contributed by atoms with Gasteiger partial charge in [0.15, 0.2) is 0 Å². The number of aromatic nitrogens is 1. The summed E-state index contributed by atoms with van der Waals surface area (Å²) in [6.07, 6.45) is 4.00. The van der Waals surface area contributed by atoms with Gasteiger partial charge >= 0.3 is 0 Å². The van der Waals surface area contributed by atoms with Crippen molar-refractivity contribution in [2.24, 2.45) is 16.8 Å². The van der Waals surface area contributed by atoms with Crippen LogP contribution in [0.4, 0.5) is 0 Å². The normalized spacial score (nSPS) is 13.0. The topological polar surface area (TPSA) is 80.4 Å². The molecule has 1 heterocycles. The number of nitrogens with one attached hydrogen (secondary N) is 1. The summed E-state index contributed by atoms with van der Waals surface area (Å²) in [5.74, 6) is 0.116. The van der Waals surface area contributed by atoms with Gasteiger partial charge in [-0.25, -0.2) is 5.43 Å². The molecular weight excluding hydrogens is 264 g/mol. The minimum absolute atomic E-state index is 0.262. The summed E-state index contributed by atoms with van der Waals surface area (Å²) in [4.78, 5) is 16.0. The molecule has 1 aromatic carbocycles. The van der Waals surface area contributed by atoms with Crippen LogP contribution in [-0.4, -0.2) is 23.1 Å². The van der Waals surface area contributed by atoms with Crippen LogP contribution in [0.2, 0.25) is 0 Å². The summed E-state index contributed by atoms with van der Waals surface area (Å²) in [6, 6.07) is 9.13. The summed E-state index contributed by atoms with van der Waals surface area (Å²) in [5.41, 5.74) is 10.1. The Balaban J connectivity index is 1.98. The Morgan fingerprint density at radius 2 is 2.24 bits per heavy atom. The largest absolute Gasteiger partial charge is 0.320 e. The number of amides is 1. The summed E-state index contributed by atoms with van der Waals surface area (Å²) < 4.78 is 0. The zero-order valence-electron chi connectivity index (χ0n) is 12.3. The molecule has 0 saturated carbocycles. The second-order valence-corrected chi connectivity index (χ2v) is 5.43. The van der Waals surface area contributed by atoms with Crippen molar-refractivity contribution in [3.8, 4) is 0 Å². The first-order valence-electron chi connectivity index (χ1n) is 6.99. The van der Waals surface area contributed by atoms with E-state index in [1.165, 1.54) is 0 Å². The molecule has 5 heteroatoms. The lowest BCUT2D eigenvalue weighted by Gasteiger charge is -2.11. The fourth-order valence-corrected chi connectivity index (χ4v) is 2.04. The molecule has 0 aliphatic rings. The second kappa shape index (κ2) is 6.95. The van der Waals surface area contributed by atoms with Crippen molar-refractivity contribution < 1.29 is 4.79 Å². The highest BCUT2D eigenvalue weighted by Gasteiger charge is 2.13. The Labute approximate surface area is 124 Å². The minimum Gasteiger partial charge on any atom is -0.320 e. The summed E-state index contributed by atoms with van der Waals surface area (Å²) in [7, 11) is 0. The van der Waals surface area contributed by atoms with Gasteiger partial charge in [0.1, 0.15) is 0 Å². The number of hydrazone groups is 1. The van der Waals surface area contributed by atoms with Crippen molar-refractivity contribution in [1.29, 1.82) is 0 Å². The molecule has 2 aromatic rings. The van der Waals surface area contributed by atoms with Crippen LogP contribution in [0, 0.1) is 5.92 Å². The Morgan fingerprint density at radius 1 is 1.43 bits per heavy atom. The van der Waals surface area contributed by atoms with Gasteiger partial charge < -0.3 is 5.73 Å². The molecule has 3 N–H and O–H groups in total. The van der Waals surface area contributed by atoms with E-state index in [4.69, 9.17) is 5.73 Å². The monoisotopic (exact) mass is 284 g/mol. The van der Waals surface area contributed by atoms with Crippen LogP contribution >= 0.6 is 0 Å². The van der Waals surface area contributed by atoms with Crippen LogP contribution < -0.4 is 11.2 Å². The first-order chi connectivity index (χ1) is 10.1. The van der Waals surface area contributed by atoms with Crippen LogP contribution in [0.5, 0.6) is 0 Å². The van der Waals surface area contributed by atoms with Crippen molar-refractivity contribution in [3.05, 3.63) is 42.1 Å². The van der Waals surface area contributed by atoms with Crippen LogP contribution in [0.1, 0.15) is 25.8 Å². The van der Waals surface area contributed by atoms with Crippen molar-refractivity contribution in [3.63, 3.8) is 0 Å². The van der Waals surface area contributed by atoms with Gasteiger partial charge in [0.25, 0.3) is 5.91 Å². The van der Waals surface area contributed by atoms with E-state index in [9.17, 15) is 4.79 Å². The standard InChI is InChI=1S/C16H20N4O/c1-11(2)8-14(17)16(21)20-19-10-12-5-6-15-13(9-12)4-3-7-18-15/h3-7,9-11,14H,8,17H2,1-2H3,(H,20,21)/b19-10+/t14-/m0/s1. The fraction of sp³-hybridized carbons (Fsp3) is 0.312. The molecule has 0 radical (unpaired) electrons. The van der Waals surface area contributed by atoms with Gasteiger partial charge in [-0.05, 0) is 36.1 Å². The predicted molar refractivity (Wildman–Crippen MR) is 84.9 cm³/mol. The van der Waals surface area contributed by atoms with Crippen molar-refractivity contribution in [2.75, 3.05) is 0 Å². The predicted octanol–water partition coefficient (Wildman–Crippen LogP) is 2.06. The van der Waals surface area contributed by atoms with Gasteiger partial charge in [-0.2, -0.15) is 5.10 Å². The van der Waals surface area contributed by atoms with E-state index in [1.54, 1.807) is 12.4 Å². The highest BCUT2D eigenvalue weighted by Crippen LogP contribution is 2.11. The molecule has 1 amide bonds. The Morgan fingerprint density at radius 3 is 3.00 bits per heavy atom. The molecule has 0 aliphatic carbocycles. The highest BCUT2D eigenvalue weighted by molar-refractivity contribution is 5.89. The second-order valence-electron chi connectivity index (χ2n) is 5.43. The molecule has 0 bridgehead atoms. The van der Waals surface area contributed by atoms with E-state index in [0.717, 1.165) is 16.5 Å². The van der Waals surface area contributed by atoms with Crippen molar-refractivity contribution in [1.82, 2.24) is 10.4 Å². The molecule has 0 unspecified atom stereocenters. The van der Waals surface area contributed by atoms with E-state index in [0.29, 0.717) is 12.3 Å². The zero-order valence-corrected chi connectivity index (χ0v) is 12.3. The Kier molecular flexibility index (Phi) is 5.00. The number of carbonyl (C=O) groups is 1. The molecule has 21 heavy (non-hydrogen) atoms. The average Bonchev–Trinajstić information content (AvgIpc) is 2.46. The summed E-state index contributed by atoms with van der Waals surface area (Å²) in [5, 5.41) is 4.98. The Bertz CT molecular complexity index is 652. The first-order valence-corrected chi connectivity index (χ1v) is 6.99. The van der Waals surface area contributed by atoms with Gasteiger partial charge in [0, 0.05) is 11.6 Å². The molecule has 1 aromatic heterocycles. The lowest BCUT2D eigenvalue weighted by Crippen LogP contribution is -2.39. The quantitative estimate of drug-likeness (QED) is 0.651. The van der Waals surface area contributed by atoms with Crippen LogP contribution in [-0.2, 0) is 4.79 Å². The molecular formula is C16H20N4O. The number of benzene rings is 1. The number of nitrogens with two attached hydrogens (primary N) is 1. The van der Waals surface area contributed by atoms with E-state index < -0.39 is 6.04 Å². The van der Waals surface area contributed by atoms with Crippen molar-refractivity contribution in [2.45, 2.75) is 26.3 Å². The van der Waals surface area contributed by atoms with Gasteiger partial charge in [-0.1, -0.05) is 26.0 Å². The summed E-state index contributed by atoms with van der Waals surface area (Å²) >= 11 is 0. The molecule has 2 rings (SSSR count). The van der Waals surface area contributed by atoms with E-state index in [-0.39, 0.29) is 5.91 Å². The third-order valence-corrected chi connectivity index (χ3v) is 3.08. The maximum absolute atomic E-state index is 11.7. The SMILES string of the molecule is CC(C)C[C@H](N)C(=O)N/N=C/c1ccc2ncccc2c1. The minimum atomic E-state index is -0.525. The summed E-state index contributed by atoms with van der Waals surface area (Å²) in [6.45, 7) is 4.05. The third kappa shape index (κ3) is 4.36. The number of hydrogen-bond donors (Lipinski definition) is 2. The molecule has 0 aliphatic heterocycles. The smallest absolute Gasteiger partial charge is 0.256 e. The van der Waals surface area contributed by atoms with Crippen LogP contribution in [0.3, 0.4) is 0 Å². The molecule has 1 atom stereocenters. The van der Waals surface area contributed by atoms with Gasteiger partial charge in [-0.3, -0.25) is 9.78 Å². The van der Waals surface area contributed by atoms with E-state index in [1.807, 2.05) is 44.2 Å². The number of pyridine rings is 1. The maximum Gasteiger partial charge on any atom is 0.256 e. The molecule has 0 fully saturated rings. The highest BCUT2D eigenvalue weighted by atomic mass is 16.2. The lowest BCUT2D eigenvalue weighted by atomic mass is 10.0. The number of carbonyl (C=O) groups excluding carboxylic acids is 1. The number of hydrogen-bond acceptors (Lipinski definition) is 4. The number of nitrogens with zero attached hydrogens (tertiary/aromatic N) is 2. The molecule has 5 nitrogen and oxygen atoms in total. The zero-order chi connectivity index (χ0) is 15.2.